The smallest absolute Gasteiger partial charge is 0.274 e. The number of nitrogens with zero attached hydrogens (tertiary/aromatic N) is 3. The largest absolute Gasteiger partial charge is 0.497 e. The van der Waals surface area contributed by atoms with E-state index in [0.29, 0.717) is 11.4 Å². The van der Waals surface area contributed by atoms with Crippen molar-refractivity contribution in [3.8, 4) is 11.4 Å². The molecule has 0 aliphatic rings. The average molecular weight is 336 g/mol. The van der Waals surface area contributed by atoms with Crippen LogP contribution in [0.25, 0.3) is 5.69 Å². The standard InChI is InChI=1S/C19H20N4O2/c1-13(15-9-11-17(25-3)12-10-15)20-19(24)18-14(2)23(22-21-18)16-7-5-4-6-8-16/h4-13H,1-3H3,(H,20,24). The van der Waals surface area contributed by atoms with Crippen molar-refractivity contribution in [2.75, 3.05) is 7.11 Å². The molecule has 1 heterocycles. The molecule has 6 nitrogen and oxygen atoms in total. The molecular formula is C19H20N4O2. The maximum Gasteiger partial charge on any atom is 0.274 e. The van der Waals surface area contributed by atoms with Crippen LogP contribution in [0, 0.1) is 6.92 Å². The lowest BCUT2D eigenvalue weighted by atomic mass is 10.1. The Morgan fingerprint density at radius 3 is 2.44 bits per heavy atom. The summed E-state index contributed by atoms with van der Waals surface area (Å²) < 4.78 is 6.81. The van der Waals surface area contributed by atoms with Crippen molar-refractivity contribution in [3.05, 3.63) is 71.5 Å². The Bertz CT molecular complexity index is 857. The number of nitrogens with one attached hydrogen (secondary N) is 1. The number of rotatable bonds is 5. The summed E-state index contributed by atoms with van der Waals surface area (Å²) in [6.07, 6.45) is 0. The lowest BCUT2D eigenvalue weighted by molar-refractivity contribution is 0.0934. The second kappa shape index (κ2) is 7.17. The van der Waals surface area contributed by atoms with E-state index in [1.54, 1.807) is 11.8 Å². The van der Waals surface area contributed by atoms with E-state index in [4.69, 9.17) is 4.74 Å². The third-order valence-corrected chi connectivity index (χ3v) is 4.07. The van der Waals surface area contributed by atoms with Crippen LogP contribution in [0.2, 0.25) is 0 Å². The topological polar surface area (TPSA) is 69.0 Å². The third kappa shape index (κ3) is 3.52. The van der Waals surface area contributed by atoms with Crippen LogP contribution in [0.5, 0.6) is 5.75 Å². The number of benzene rings is 2. The fourth-order valence-electron chi connectivity index (χ4n) is 2.59. The Morgan fingerprint density at radius 1 is 1.12 bits per heavy atom. The normalized spacial score (nSPS) is 11.8. The highest BCUT2D eigenvalue weighted by molar-refractivity contribution is 5.93. The van der Waals surface area contributed by atoms with E-state index in [2.05, 4.69) is 15.6 Å². The Kier molecular flexibility index (Phi) is 4.79. The van der Waals surface area contributed by atoms with Gasteiger partial charge in [0.25, 0.3) is 5.91 Å². The molecule has 2 aromatic carbocycles. The zero-order valence-corrected chi connectivity index (χ0v) is 14.4. The van der Waals surface area contributed by atoms with Crippen molar-refractivity contribution < 1.29 is 9.53 Å². The molecule has 0 saturated heterocycles. The van der Waals surface area contributed by atoms with Gasteiger partial charge in [-0.3, -0.25) is 4.79 Å². The number of para-hydroxylation sites is 1. The summed E-state index contributed by atoms with van der Waals surface area (Å²) >= 11 is 0. The van der Waals surface area contributed by atoms with Gasteiger partial charge in [0, 0.05) is 0 Å². The summed E-state index contributed by atoms with van der Waals surface area (Å²) in [6, 6.07) is 17.1. The second-order valence-electron chi connectivity index (χ2n) is 5.74. The Balaban J connectivity index is 1.76. The molecular weight excluding hydrogens is 316 g/mol. The first-order chi connectivity index (χ1) is 12.1. The minimum atomic E-state index is -0.247. The molecule has 0 fully saturated rings. The maximum atomic E-state index is 12.6. The van der Waals surface area contributed by atoms with E-state index >= 15 is 0 Å². The summed E-state index contributed by atoms with van der Waals surface area (Å²) in [6.45, 7) is 3.76. The molecule has 3 rings (SSSR count). The minimum absolute atomic E-state index is 0.153. The van der Waals surface area contributed by atoms with Crippen LogP contribution in [-0.2, 0) is 0 Å². The van der Waals surface area contributed by atoms with Gasteiger partial charge in [-0.15, -0.1) is 5.10 Å². The number of carbonyl (C=O) groups is 1. The first-order valence-corrected chi connectivity index (χ1v) is 8.02. The molecule has 1 amide bonds. The molecule has 0 radical (unpaired) electrons. The van der Waals surface area contributed by atoms with Gasteiger partial charge < -0.3 is 10.1 Å². The van der Waals surface area contributed by atoms with Crippen molar-refractivity contribution in [2.45, 2.75) is 19.9 Å². The quantitative estimate of drug-likeness (QED) is 0.777. The predicted molar refractivity (Wildman–Crippen MR) is 95.0 cm³/mol. The highest BCUT2D eigenvalue weighted by Crippen LogP contribution is 2.18. The number of hydrogen-bond donors (Lipinski definition) is 1. The van der Waals surface area contributed by atoms with Crippen molar-refractivity contribution >= 4 is 5.91 Å². The van der Waals surface area contributed by atoms with Crippen molar-refractivity contribution in [3.63, 3.8) is 0 Å². The number of carbonyl (C=O) groups excluding carboxylic acids is 1. The molecule has 0 aliphatic carbocycles. The van der Waals surface area contributed by atoms with Crippen LogP contribution in [0.4, 0.5) is 0 Å². The predicted octanol–water partition coefficient (Wildman–Crippen LogP) is 3.08. The molecule has 0 saturated carbocycles. The second-order valence-corrected chi connectivity index (χ2v) is 5.74. The molecule has 3 aromatic rings. The summed E-state index contributed by atoms with van der Waals surface area (Å²) in [5, 5.41) is 11.1. The van der Waals surface area contributed by atoms with E-state index in [0.717, 1.165) is 17.0 Å². The van der Waals surface area contributed by atoms with Gasteiger partial charge >= 0.3 is 0 Å². The Labute approximate surface area is 146 Å². The van der Waals surface area contributed by atoms with Crippen LogP contribution in [0.15, 0.2) is 54.6 Å². The van der Waals surface area contributed by atoms with Gasteiger partial charge in [0.05, 0.1) is 24.5 Å². The van der Waals surface area contributed by atoms with Gasteiger partial charge in [-0.25, -0.2) is 4.68 Å². The highest BCUT2D eigenvalue weighted by atomic mass is 16.5. The van der Waals surface area contributed by atoms with E-state index < -0.39 is 0 Å². The van der Waals surface area contributed by atoms with E-state index in [1.807, 2.05) is 68.4 Å². The number of methoxy groups -OCH3 is 1. The number of ether oxygens (including phenoxy) is 1. The molecule has 1 N–H and O–H groups in total. The van der Waals surface area contributed by atoms with Crippen LogP contribution >= 0.6 is 0 Å². The maximum absolute atomic E-state index is 12.6. The van der Waals surface area contributed by atoms with Crippen molar-refractivity contribution in [2.24, 2.45) is 0 Å². The fourth-order valence-corrected chi connectivity index (χ4v) is 2.59. The van der Waals surface area contributed by atoms with Crippen molar-refractivity contribution in [1.82, 2.24) is 20.3 Å². The van der Waals surface area contributed by atoms with Crippen LogP contribution in [0.1, 0.15) is 34.7 Å². The molecule has 0 aliphatic heterocycles. The van der Waals surface area contributed by atoms with Gasteiger partial charge in [0.15, 0.2) is 5.69 Å². The minimum Gasteiger partial charge on any atom is -0.497 e. The summed E-state index contributed by atoms with van der Waals surface area (Å²) in [5.41, 5.74) is 2.88. The zero-order valence-electron chi connectivity index (χ0n) is 14.4. The molecule has 1 atom stereocenters. The molecule has 6 heteroatoms. The molecule has 1 aromatic heterocycles. The zero-order chi connectivity index (χ0) is 17.8. The average Bonchev–Trinajstić information content (AvgIpc) is 3.04. The summed E-state index contributed by atoms with van der Waals surface area (Å²) in [4.78, 5) is 12.6. The molecule has 25 heavy (non-hydrogen) atoms. The molecule has 0 bridgehead atoms. The summed E-state index contributed by atoms with van der Waals surface area (Å²) in [7, 11) is 1.62. The van der Waals surface area contributed by atoms with Crippen LogP contribution < -0.4 is 10.1 Å². The van der Waals surface area contributed by atoms with Crippen molar-refractivity contribution in [1.29, 1.82) is 0 Å². The lowest BCUT2D eigenvalue weighted by Gasteiger charge is -2.14. The first kappa shape index (κ1) is 16.7. The SMILES string of the molecule is COc1ccc(C(C)NC(=O)c2nnn(-c3ccccc3)c2C)cc1. The number of aromatic nitrogens is 3. The van der Waals surface area contributed by atoms with Gasteiger partial charge in [0.2, 0.25) is 0 Å². The van der Waals surface area contributed by atoms with E-state index in [1.165, 1.54) is 0 Å². The van der Waals surface area contributed by atoms with E-state index in [-0.39, 0.29) is 11.9 Å². The highest BCUT2D eigenvalue weighted by Gasteiger charge is 2.19. The van der Waals surface area contributed by atoms with E-state index in [9.17, 15) is 4.79 Å². The lowest BCUT2D eigenvalue weighted by Crippen LogP contribution is -2.27. The third-order valence-electron chi connectivity index (χ3n) is 4.07. The number of hydrogen-bond acceptors (Lipinski definition) is 4. The molecule has 0 spiro atoms. The monoisotopic (exact) mass is 336 g/mol. The first-order valence-electron chi connectivity index (χ1n) is 8.02. The Morgan fingerprint density at radius 2 is 1.80 bits per heavy atom. The van der Waals surface area contributed by atoms with Crippen LogP contribution in [-0.4, -0.2) is 28.0 Å². The molecule has 128 valence electrons. The Hall–Kier alpha value is -3.15. The van der Waals surface area contributed by atoms with Crippen LogP contribution in [0.3, 0.4) is 0 Å². The van der Waals surface area contributed by atoms with Gasteiger partial charge in [-0.2, -0.15) is 0 Å². The number of amides is 1. The van der Waals surface area contributed by atoms with Gasteiger partial charge in [0.1, 0.15) is 5.75 Å². The molecule has 1 unspecified atom stereocenters. The van der Waals surface area contributed by atoms with Gasteiger partial charge in [-0.05, 0) is 43.7 Å². The summed E-state index contributed by atoms with van der Waals surface area (Å²) in [5.74, 6) is 0.534. The van der Waals surface area contributed by atoms with Gasteiger partial charge in [-0.1, -0.05) is 35.5 Å². The fraction of sp³-hybridized carbons (Fsp3) is 0.211.